The lowest BCUT2D eigenvalue weighted by Crippen LogP contribution is -2.41. The SMILES string of the molecule is C=C(C)C(=O)OCCC(=O)OCC1OC2(CCCC2)OC1C1COC2(CCCC2)O1. The molecule has 4 rings (SSSR count). The number of hydrogen-bond donors (Lipinski definition) is 0. The summed E-state index contributed by atoms with van der Waals surface area (Å²) < 4.78 is 35.4. The molecule has 4 aliphatic rings. The van der Waals surface area contributed by atoms with E-state index < -0.39 is 29.6 Å². The van der Waals surface area contributed by atoms with Crippen molar-refractivity contribution in [1.82, 2.24) is 0 Å². The summed E-state index contributed by atoms with van der Waals surface area (Å²) >= 11 is 0. The summed E-state index contributed by atoms with van der Waals surface area (Å²) in [6.07, 6.45) is 6.82. The second-order valence-electron chi connectivity index (χ2n) is 8.79. The van der Waals surface area contributed by atoms with Crippen molar-refractivity contribution >= 4 is 11.9 Å². The molecule has 30 heavy (non-hydrogen) atoms. The Labute approximate surface area is 177 Å². The summed E-state index contributed by atoms with van der Waals surface area (Å²) in [6, 6.07) is 0. The summed E-state index contributed by atoms with van der Waals surface area (Å²) in [7, 11) is 0. The van der Waals surface area contributed by atoms with Crippen molar-refractivity contribution in [2.24, 2.45) is 0 Å². The molecule has 3 atom stereocenters. The molecule has 0 bridgehead atoms. The highest BCUT2D eigenvalue weighted by atomic mass is 16.8. The van der Waals surface area contributed by atoms with Gasteiger partial charge in [-0.05, 0) is 32.6 Å². The van der Waals surface area contributed by atoms with Gasteiger partial charge in [-0.3, -0.25) is 4.79 Å². The van der Waals surface area contributed by atoms with Gasteiger partial charge in [-0.25, -0.2) is 4.79 Å². The van der Waals surface area contributed by atoms with E-state index in [9.17, 15) is 9.59 Å². The fourth-order valence-corrected chi connectivity index (χ4v) is 4.80. The first-order valence-corrected chi connectivity index (χ1v) is 11.1. The molecule has 2 saturated carbocycles. The minimum Gasteiger partial charge on any atom is -0.463 e. The molecule has 3 unspecified atom stereocenters. The maximum atomic E-state index is 12.1. The molecule has 4 fully saturated rings. The van der Waals surface area contributed by atoms with Gasteiger partial charge in [0.05, 0.1) is 13.0 Å². The maximum absolute atomic E-state index is 12.1. The van der Waals surface area contributed by atoms with Crippen LogP contribution in [0.5, 0.6) is 0 Å². The molecule has 0 aromatic carbocycles. The standard InChI is InChI=1S/C22H32O8/c1-15(2)20(24)25-12-7-18(23)26-13-16-19(30-22(29-16)10-5-6-11-22)17-14-27-21(28-17)8-3-4-9-21/h16-17,19H,1,3-14H2,2H3. The van der Waals surface area contributed by atoms with E-state index in [2.05, 4.69) is 6.58 Å². The molecule has 8 nitrogen and oxygen atoms in total. The number of carbonyl (C=O) groups excluding carboxylic acids is 2. The Bertz CT molecular complexity index is 662. The van der Waals surface area contributed by atoms with Crippen molar-refractivity contribution < 1.29 is 38.0 Å². The van der Waals surface area contributed by atoms with Crippen LogP contribution in [0.15, 0.2) is 12.2 Å². The average molecular weight is 424 g/mol. The zero-order valence-electron chi connectivity index (χ0n) is 17.7. The van der Waals surface area contributed by atoms with Gasteiger partial charge >= 0.3 is 11.9 Å². The Hall–Kier alpha value is -1.48. The Kier molecular flexibility index (Phi) is 6.48. The van der Waals surface area contributed by atoms with E-state index in [1.54, 1.807) is 6.92 Å². The van der Waals surface area contributed by atoms with Gasteiger partial charge in [0.2, 0.25) is 0 Å². The largest absolute Gasteiger partial charge is 0.463 e. The van der Waals surface area contributed by atoms with E-state index in [-0.39, 0.29) is 31.8 Å². The van der Waals surface area contributed by atoms with Crippen molar-refractivity contribution in [3.63, 3.8) is 0 Å². The van der Waals surface area contributed by atoms with Crippen LogP contribution in [0.2, 0.25) is 0 Å². The van der Waals surface area contributed by atoms with Gasteiger partial charge in [0.25, 0.3) is 0 Å². The molecule has 0 aromatic rings. The molecule has 168 valence electrons. The van der Waals surface area contributed by atoms with E-state index in [1.165, 1.54) is 0 Å². The first-order valence-electron chi connectivity index (χ1n) is 11.1. The smallest absolute Gasteiger partial charge is 0.333 e. The van der Waals surface area contributed by atoms with Gasteiger partial charge in [-0.2, -0.15) is 0 Å². The van der Waals surface area contributed by atoms with Crippen LogP contribution in [0.4, 0.5) is 0 Å². The third kappa shape index (κ3) is 4.72. The van der Waals surface area contributed by atoms with Crippen LogP contribution in [0.25, 0.3) is 0 Å². The molecule has 2 aliphatic heterocycles. The fraction of sp³-hybridized carbons (Fsp3) is 0.818. The quantitative estimate of drug-likeness (QED) is 0.455. The zero-order valence-corrected chi connectivity index (χ0v) is 17.7. The van der Waals surface area contributed by atoms with Crippen molar-refractivity contribution in [3.05, 3.63) is 12.2 Å². The topological polar surface area (TPSA) is 89.5 Å². The zero-order chi connectivity index (χ0) is 21.2. The fourth-order valence-electron chi connectivity index (χ4n) is 4.80. The lowest BCUT2D eigenvalue weighted by molar-refractivity contribution is -0.195. The molecule has 2 aliphatic carbocycles. The number of hydrogen-bond acceptors (Lipinski definition) is 8. The minimum atomic E-state index is -0.604. The molecule has 2 heterocycles. The highest BCUT2D eigenvalue weighted by Gasteiger charge is 2.56. The molecule has 2 saturated heterocycles. The highest BCUT2D eigenvalue weighted by Crippen LogP contribution is 2.46. The van der Waals surface area contributed by atoms with Crippen LogP contribution in [-0.4, -0.2) is 61.6 Å². The predicted molar refractivity (Wildman–Crippen MR) is 104 cm³/mol. The van der Waals surface area contributed by atoms with E-state index in [4.69, 9.17) is 28.4 Å². The van der Waals surface area contributed by atoms with Crippen molar-refractivity contribution in [1.29, 1.82) is 0 Å². The molecular weight excluding hydrogens is 392 g/mol. The van der Waals surface area contributed by atoms with Crippen molar-refractivity contribution in [2.45, 2.75) is 94.6 Å². The summed E-state index contributed by atoms with van der Waals surface area (Å²) in [5, 5.41) is 0. The Morgan fingerprint density at radius 3 is 2.30 bits per heavy atom. The van der Waals surface area contributed by atoms with Crippen molar-refractivity contribution in [3.8, 4) is 0 Å². The predicted octanol–water partition coefficient (Wildman–Crippen LogP) is 2.78. The van der Waals surface area contributed by atoms with Gasteiger partial charge in [0, 0.05) is 31.3 Å². The van der Waals surface area contributed by atoms with Crippen LogP contribution < -0.4 is 0 Å². The minimum absolute atomic E-state index is 0.0193. The van der Waals surface area contributed by atoms with Gasteiger partial charge < -0.3 is 28.4 Å². The normalized spacial score (nSPS) is 31.4. The van der Waals surface area contributed by atoms with E-state index in [0.717, 1.165) is 51.4 Å². The van der Waals surface area contributed by atoms with Crippen LogP contribution in [0.1, 0.15) is 64.7 Å². The average Bonchev–Trinajstić information content (AvgIpc) is 3.51. The number of ether oxygens (including phenoxy) is 6. The highest BCUT2D eigenvalue weighted by molar-refractivity contribution is 5.87. The number of rotatable bonds is 7. The van der Waals surface area contributed by atoms with Crippen molar-refractivity contribution in [2.75, 3.05) is 19.8 Å². The van der Waals surface area contributed by atoms with E-state index in [1.807, 2.05) is 0 Å². The third-order valence-corrected chi connectivity index (χ3v) is 6.35. The molecular formula is C22H32O8. The van der Waals surface area contributed by atoms with Crippen LogP contribution in [0.3, 0.4) is 0 Å². The van der Waals surface area contributed by atoms with E-state index >= 15 is 0 Å². The Morgan fingerprint density at radius 1 is 0.967 bits per heavy atom. The van der Waals surface area contributed by atoms with E-state index in [0.29, 0.717) is 12.2 Å². The Morgan fingerprint density at radius 2 is 1.63 bits per heavy atom. The first kappa shape index (κ1) is 21.7. The lowest BCUT2D eigenvalue weighted by atomic mass is 10.1. The van der Waals surface area contributed by atoms with Crippen LogP contribution in [0, 0.1) is 0 Å². The molecule has 2 spiro atoms. The number of esters is 2. The third-order valence-electron chi connectivity index (χ3n) is 6.35. The van der Waals surface area contributed by atoms with Gasteiger partial charge in [-0.15, -0.1) is 0 Å². The molecule has 8 heteroatoms. The summed E-state index contributed by atoms with van der Waals surface area (Å²) in [6.45, 7) is 5.56. The summed E-state index contributed by atoms with van der Waals surface area (Å²) in [4.78, 5) is 23.5. The van der Waals surface area contributed by atoms with Gasteiger partial charge in [0.1, 0.15) is 31.5 Å². The van der Waals surface area contributed by atoms with Gasteiger partial charge in [0.15, 0.2) is 11.6 Å². The number of carbonyl (C=O) groups is 2. The Balaban J connectivity index is 1.31. The monoisotopic (exact) mass is 424 g/mol. The van der Waals surface area contributed by atoms with Crippen LogP contribution in [-0.2, 0) is 38.0 Å². The van der Waals surface area contributed by atoms with Gasteiger partial charge in [-0.1, -0.05) is 6.58 Å². The first-order chi connectivity index (χ1) is 14.4. The molecule has 0 N–H and O–H groups in total. The second-order valence-corrected chi connectivity index (χ2v) is 8.79. The maximum Gasteiger partial charge on any atom is 0.333 e. The molecule has 0 radical (unpaired) electrons. The molecule has 0 aromatic heterocycles. The molecule has 0 amide bonds. The second kappa shape index (κ2) is 8.94. The summed E-state index contributed by atoms with van der Waals surface area (Å²) in [5.41, 5.74) is 0.295. The summed E-state index contributed by atoms with van der Waals surface area (Å²) in [5.74, 6) is -2.05. The lowest BCUT2D eigenvalue weighted by Gasteiger charge is -2.26. The van der Waals surface area contributed by atoms with Crippen LogP contribution >= 0.6 is 0 Å².